The lowest BCUT2D eigenvalue weighted by Crippen LogP contribution is -2.32. The number of hydrogen-bond donors (Lipinski definition) is 1. The van der Waals surface area contributed by atoms with Gasteiger partial charge in [0.05, 0.1) is 18.1 Å². The summed E-state index contributed by atoms with van der Waals surface area (Å²) in [5.74, 6) is 0.977. The van der Waals surface area contributed by atoms with E-state index in [9.17, 15) is 0 Å². The van der Waals surface area contributed by atoms with Gasteiger partial charge >= 0.3 is 0 Å². The molecular weight excluding hydrogens is 324 g/mol. The number of hydrogen-bond acceptors (Lipinski definition) is 5. The number of rotatable bonds is 7. The highest BCUT2D eigenvalue weighted by Gasteiger charge is 2.20. The number of nitrogens with one attached hydrogen (secondary N) is 1. The van der Waals surface area contributed by atoms with Gasteiger partial charge in [-0.3, -0.25) is 0 Å². The van der Waals surface area contributed by atoms with Gasteiger partial charge < -0.3 is 10.2 Å². The first-order valence-corrected chi connectivity index (χ1v) is 8.76. The van der Waals surface area contributed by atoms with Crippen molar-refractivity contribution in [3.8, 4) is 5.69 Å². The lowest BCUT2D eigenvalue weighted by atomic mass is 9.85. The summed E-state index contributed by atoms with van der Waals surface area (Å²) in [6.07, 6.45) is 5.49. The summed E-state index contributed by atoms with van der Waals surface area (Å²) in [6.45, 7) is 6.17. The van der Waals surface area contributed by atoms with Crippen LogP contribution in [0.5, 0.6) is 0 Å². The third kappa shape index (κ3) is 4.26. The summed E-state index contributed by atoms with van der Waals surface area (Å²) in [4.78, 5) is 6.54. The lowest BCUT2D eigenvalue weighted by molar-refractivity contribution is 0.467. The van der Waals surface area contributed by atoms with Gasteiger partial charge in [0.15, 0.2) is 0 Å². The molecule has 3 rings (SSSR count). The van der Waals surface area contributed by atoms with E-state index in [0.29, 0.717) is 0 Å². The van der Waals surface area contributed by atoms with E-state index in [-0.39, 0.29) is 5.41 Å². The van der Waals surface area contributed by atoms with Crippen LogP contribution in [0, 0.1) is 0 Å². The Hall–Kier alpha value is -2.73. The molecule has 0 aliphatic carbocycles. The van der Waals surface area contributed by atoms with Crippen LogP contribution in [0.15, 0.2) is 55.0 Å². The smallest absolute Gasteiger partial charge is 0.127 e. The molecule has 3 aromatic rings. The van der Waals surface area contributed by atoms with Crippen LogP contribution in [0.3, 0.4) is 0 Å². The second-order valence-corrected chi connectivity index (χ2v) is 7.30. The summed E-state index contributed by atoms with van der Waals surface area (Å²) in [5, 5.41) is 11.4. The summed E-state index contributed by atoms with van der Waals surface area (Å²) in [6, 6.07) is 12.6. The topological polar surface area (TPSA) is 58.9 Å². The van der Waals surface area contributed by atoms with Gasteiger partial charge in [-0.25, -0.2) is 9.67 Å². The Labute approximate surface area is 154 Å². The molecule has 0 aliphatic rings. The van der Waals surface area contributed by atoms with Crippen LogP contribution >= 0.6 is 0 Å². The number of anilines is 1. The maximum atomic E-state index is 4.53. The fourth-order valence-electron chi connectivity index (χ4n) is 2.78. The molecule has 0 fully saturated rings. The highest BCUT2D eigenvalue weighted by atomic mass is 15.4. The maximum absolute atomic E-state index is 4.53. The van der Waals surface area contributed by atoms with Crippen LogP contribution in [0.4, 0.5) is 5.82 Å². The van der Waals surface area contributed by atoms with Crippen molar-refractivity contribution in [3.63, 3.8) is 0 Å². The summed E-state index contributed by atoms with van der Waals surface area (Å²) in [5.41, 5.74) is 3.50. The molecule has 0 aliphatic heterocycles. The van der Waals surface area contributed by atoms with Crippen molar-refractivity contribution >= 4 is 5.82 Å². The summed E-state index contributed by atoms with van der Waals surface area (Å²) in [7, 11) is 4.01. The third-order valence-electron chi connectivity index (χ3n) is 4.51. The second kappa shape index (κ2) is 7.66. The molecule has 0 spiro atoms. The van der Waals surface area contributed by atoms with E-state index in [1.165, 1.54) is 11.1 Å². The van der Waals surface area contributed by atoms with Crippen molar-refractivity contribution < 1.29 is 0 Å². The first-order valence-electron chi connectivity index (χ1n) is 8.76. The Morgan fingerprint density at radius 2 is 1.85 bits per heavy atom. The zero-order valence-corrected chi connectivity index (χ0v) is 15.8. The van der Waals surface area contributed by atoms with Gasteiger partial charge in [-0.05, 0) is 29.3 Å². The molecule has 0 bridgehead atoms. The van der Waals surface area contributed by atoms with E-state index < -0.39 is 0 Å². The Morgan fingerprint density at radius 1 is 1.08 bits per heavy atom. The van der Waals surface area contributed by atoms with Crippen LogP contribution in [0.25, 0.3) is 5.69 Å². The van der Waals surface area contributed by atoms with Crippen LogP contribution in [-0.2, 0) is 12.0 Å². The van der Waals surface area contributed by atoms with Crippen molar-refractivity contribution in [2.24, 2.45) is 0 Å². The number of nitrogens with zero attached hydrogens (tertiary/aromatic N) is 5. The zero-order chi connectivity index (χ0) is 18.6. The molecule has 0 amide bonds. The van der Waals surface area contributed by atoms with Crippen LogP contribution in [-0.4, -0.2) is 40.6 Å². The average molecular weight is 350 g/mol. The van der Waals surface area contributed by atoms with Crippen molar-refractivity contribution in [1.82, 2.24) is 25.3 Å². The third-order valence-corrected chi connectivity index (χ3v) is 4.51. The molecule has 136 valence electrons. The van der Waals surface area contributed by atoms with E-state index in [0.717, 1.165) is 24.6 Å². The van der Waals surface area contributed by atoms with Gasteiger partial charge in [-0.1, -0.05) is 37.3 Å². The molecule has 26 heavy (non-hydrogen) atoms. The van der Waals surface area contributed by atoms with Crippen molar-refractivity contribution in [3.05, 3.63) is 66.1 Å². The summed E-state index contributed by atoms with van der Waals surface area (Å²) >= 11 is 0. The highest BCUT2D eigenvalue weighted by Crippen LogP contribution is 2.23. The van der Waals surface area contributed by atoms with E-state index >= 15 is 0 Å². The molecule has 0 saturated carbocycles. The minimum atomic E-state index is 0.0124. The first-order chi connectivity index (χ1) is 12.5. The fraction of sp³-hybridized carbons (Fsp3) is 0.350. The zero-order valence-electron chi connectivity index (χ0n) is 15.8. The van der Waals surface area contributed by atoms with Crippen molar-refractivity contribution in [1.29, 1.82) is 0 Å². The minimum Gasteiger partial charge on any atom is -0.363 e. The number of benzene rings is 1. The van der Waals surface area contributed by atoms with Crippen LogP contribution in [0.1, 0.15) is 25.0 Å². The molecule has 0 saturated heterocycles. The Kier molecular flexibility index (Phi) is 5.32. The Balaban J connectivity index is 1.56. The Morgan fingerprint density at radius 3 is 2.42 bits per heavy atom. The molecule has 0 radical (unpaired) electrons. The van der Waals surface area contributed by atoms with E-state index in [4.69, 9.17) is 0 Å². The summed E-state index contributed by atoms with van der Waals surface area (Å²) < 4.78 is 1.75. The van der Waals surface area contributed by atoms with Gasteiger partial charge in [0.1, 0.15) is 5.82 Å². The Bertz CT molecular complexity index is 805. The molecule has 1 aromatic carbocycles. The van der Waals surface area contributed by atoms with E-state index in [2.05, 4.69) is 70.9 Å². The molecular formula is C20H26N6. The van der Waals surface area contributed by atoms with Gasteiger partial charge in [-0.15, -0.1) is 5.10 Å². The maximum Gasteiger partial charge on any atom is 0.127 e. The lowest BCUT2D eigenvalue weighted by Gasteiger charge is -2.26. The second-order valence-electron chi connectivity index (χ2n) is 7.30. The monoisotopic (exact) mass is 350 g/mol. The molecule has 2 heterocycles. The first kappa shape index (κ1) is 18.1. The van der Waals surface area contributed by atoms with E-state index in [1.807, 2.05) is 31.4 Å². The van der Waals surface area contributed by atoms with Gasteiger partial charge in [0.2, 0.25) is 0 Å². The van der Waals surface area contributed by atoms with E-state index in [1.54, 1.807) is 10.9 Å². The predicted molar refractivity (Wildman–Crippen MR) is 105 cm³/mol. The molecule has 1 N–H and O–H groups in total. The number of pyridine rings is 1. The quantitative estimate of drug-likeness (QED) is 0.710. The minimum absolute atomic E-state index is 0.0124. The van der Waals surface area contributed by atoms with Crippen LogP contribution < -0.4 is 10.2 Å². The average Bonchev–Trinajstić information content (AvgIpc) is 3.17. The number of aromatic nitrogens is 4. The van der Waals surface area contributed by atoms with Gasteiger partial charge in [-0.2, -0.15) is 0 Å². The normalized spacial score (nSPS) is 11.5. The highest BCUT2D eigenvalue weighted by molar-refractivity contribution is 5.39. The molecule has 0 atom stereocenters. The SMILES string of the molecule is CN(C)c1ccc(C(C)(C)CNCc2ccc(-n3ccnn3)cc2)cn1. The van der Waals surface area contributed by atoms with Crippen molar-refractivity contribution in [2.45, 2.75) is 25.8 Å². The molecule has 2 aromatic heterocycles. The largest absolute Gasteiger partial charge is 0.363 e. The standard InChI is InChI=1S/C20H26N6/c1-20(2,17-7-10-19(22-14-17)25(3)4)15-21-13-16-5-8-18(9-6-16)26-12-11-23-24-26/h5-12,14,21H,13,15H2,1-4H3. The van der Waals surface area contributed by atoms with Crippen molar-refractivity contribution in [2.75, 3.05) is 25.5 Å². The fourth-order valence-corrected chi connectivity index (χ4v) is 2.78. The molecule has 6 heteroatoms. The molecule has 0 unspecified atom stereocenters. The molecule has 6 nitrogen and oxygen atoms in total. The predicted octanol–water partition coefficient (Wildman–Crippen LogP) is 2.80. The van der Waals surface area contributed by atoms with Gasteiger partial charge in [0, 0.05) is 38.8 Å². The van der Waals surface area contributed by atoms with Crippen LogP contribution in [0.2, 0.25) is 0 Å². The van der Waals surface area contributed by atoms with Gasteiger partial charge in [0.25, 0.3) is 0 Å².